The Morgan fingerprint density at radius 1 is 1.13 bits per heavy atom. The van der Waals surface area contributed by atoms with Crippen LogP contribution < -0.4 is 10.2 Å². The Kier molecular flexibility index (Phi) is 5.03. The van der Waals surface area contributed by atoms with E-state index in [1.54, 1.807) is 36.5 Å². The maximum Gasteiger partial charge on any atom is 0.257 e. The summed E-state index contributed by atoms with van der Waals surface area (Å²) in [7, 11) is 0. The highest BCUT2D eigenvalue weighted by Gasteiger charge is 2.17. The zero-order chi connectivity index (χ0) is 16.2. The first kappa shape index (κ1) is 16.1. The van der Waals surface area contributed by atoms with Crippen molar-refractivity contribution in [2.24, 2.45) is 0 Å². The van der Waals surface area contributed by atoms with E-state index in [2.05, 4.69) is 15.2 Å². The summed E-state index contributed by atoms with van der Waals surface area (Å²) in [6.07, 6.45) is 5.11. The highest BCUT2D eigenvalue weighted by Crippen LogP contribution is 2.27. The van der Waals surface area contributed by atoms with Crippen LogP contribution in [0.1, 0.15) is 29.6 Å². The molecule has 1 fully saturated rings. The topological polar surface area (TPSA) is 45.2 Å². The van der Waals surface area contributed by atoms with Crippen molar-refractivity contribution in [1.29, 1.82) is 0 Å². The number of halogens is 2. The number of piperidine rings is 1. The van der Waals surface area contributed by atoms with Crippen LogP contribution in [-0.2, 0) is 0 Å². The van der Waals surface area contributed by atoms with Crippen LogP contribution in [0.2, 0.25) is 10.0 Å². The molecule has 0 radical (unpaired) electrons. The highest BCUT2D eigenvalue weighted by molar-refractivity contribution is 6.33. The summed E-state index contributed by atoms with van der Waals surface area (Å²) in [6.45, 7) is 1.92. The second-order valence-electron chi connectivity index (χ2n) is 5.54. The number of pyridine rings is 1. The summed E-state index contributed by atoms with van der Waals surface area (Å²) in [6, 6.07) is 8.67. The van der Waals surface area contributed by atoms with Crippen molar-refractivity contribution in [2.45, 2.75) is 19.3 Å². The minimum atomic E-state index is -0.258. The van der Waals surface area contributed by atoms with Crippen LogP contribution in [0, 0.1) is 0 Å². The van der Waals surface area contributed by atoms with Crippen LogP contribution >= 0.6 is 23.2 Å². The SMILES string of the molecule is O=C(Nc1cccc(Cl)c1)c1cnc(N2CCCCC2)c(Cl)c1. The van der Waals surface area contributed by atoms with Gasteiger partial charge < -0.3 is 10.2 Å². The van der Waals surface area contributed by atoms with Crippen molar-refractivity contribution in [1.82, 2.24) is 4.98 Å². The van der Waals surface area contributed by atoms with Crippen LogP contribution in [-0.4, -0.2) is 24.0 Å². The van der Waals surface area contributed by atoms with Crippen LogP contribution in [0.4, 0.5) is 11.5 Å². The Balaban J connectivity index is 1.75. The van der Waals surface area contributed by atoms with E-state index in [-0.39, 0.29) is 5.91 Å². The lowest BCUT2D eigenvalue weighted by Crippen LogP contribution is -2.30. The molecule has 0 atom stereocenters. The number of anilines is 2. The number of rotatable bonds is 3. The van der Waals surface area contributed by atoms with Gasteiger partial charge in [-0.15, -0.1) is 0 Å². The van der Waals surface area contributed by atoms with Crippen molar-refractivity contribution in [2.75, 3.05) is 23.3 Å². The summed E-state index contributed by atoms with van der Waals surface area (Å²) < 4.78 is 0. The Morgan fingerprint density at radius 3 is 2.61 bits per heavy atom. The Bertz CT molecular complexity index is 715. The van der Waals surface area contributed by atoms with Gasteiger partial charge in [0.2, 0.25) is 0 Å². The number of carbonyl (C=O) groups excluding carboxylic acids is 1. The standard InChI is InChI=1S/C17H17Cl2N3O/c18-13-5-4-6-14(10-13)21-17(23)12-9-15(19)16(20-11-12)22-7-2-1-3-8-22/h4-6,9-11H,1-3,7-8H2,(H,21,23). The minimum absolute atomic E-state index is 0.258. The van der Waals surface area contributed by atoms with Gasteiger partial charge in [-0.25, -0.2) is 4.98 Å². The Morgan fingerprint density at radius 2 is 1.91 bits per heavy atom. The first-order chi connectivity index (χ1) is 11.1. The van der Waals surface area contributed by atoms with Crippen molar-refractivity contribution in [3.8, 4) is 0 Å². The molecule has 1 aliphatic rings. The van der Waals surface area contributed by atoms with Crippen LogP contribution in [0.15, 0.2) is 36.5 Å². The van der Waals surface area contributed by atoms with E-state index >= 15 is 0 Å². The maximum absolute atomic E-state index is 12.3. The molecule has 1 aromatic heterocycles. The smallest absolute Gasteiger partial charge is 0.257 e. The minimum Gasteiger partial charge on any atom is -0.355 e. The van der Waals surface area contributed by atoms with E-state index in [0.717, 1.165) is 31.7 Å². The van der Waals surface area contributed by atoms with Gasteiger partial charge >= 0.3 is 0 Å². The fourth-order valence-electron chi connectivity index (χ4n) is 2.66. The van der Waals surface area contributed by atoms with Gasteiger partial charge in [-0.05, 0) is 43.5 Å². The van der Waals surface area contributed by atoms with E-state index < -0.39 is 0 Å². The molecule has 0 aliphatic carbocycles. The molecular weight excluding hydrogens is 333 g/mol. The van der Waals surface area contributed by atoms with Gasteiger partial charge in [0.1, 0.15) is 5.82 Å². The van der Waals surface area contributed by atoms with Gasteiger partial charge in [-0.2, -0.15) is 0 Å². The summed E-state index contributed by atoms with van der Waals surface area (Å²) in [5.74, 6) is 0.498. The van der Waals surface area contributed by atoms with Gasteiger partial charge in [0.05, 0.1) is 10.6 Å². The van der Waals surface area contributed by atoms with E-state index in [1.165, 1.54) is 6.42 Å². The van der Waals surface area contributed by atoms with Crippen LogP contribution in [0.3, 0.4) is 0 Å². The van der Waals surface area contributed by atoms with E-state index in [0.29, 0.717) is 21.3 Å². The van der Waals surface area contributed by atoms with Gasteiger partial charge in [0.15, 0.2) is 0 Å². The number of nitrogens with zero attached hydrogens (tertiary/aromatic N) is 2. The first-order valence-corrected chi connectivity index (χ1v) is 8.36. The van der Waals surface area contributed by atoms with E-state index in [4.69, 9.17) is 23.2 Å². The van der Waals surface area contributed by atoms with Crippen molar-refractivity contribution >= 4 is 40.6 Å². The fourth-order valence-corrected chi connectivity index (χ4v) is 3.14. The molecule has 23 heavy (non-hydrogen) atoms. The third-order valence-corrected chi connectivity index (χ3v) is 4.34. The molecule has 2 heterocycles. The molecule has 1 N–H and O–H groups in total. The van der Waals surface area contributed by atoms with Crippen LogP contribution in [0.5, 0.6) is 0 Å². The summed E-state index contributed by atoms with van der Waals surface area (Å²) in [5.41, 5.74) is 1.06. The lowest BCUT2D eigenvalue weighted by atomic mass is 10.1. The predicted molar refractivity (Wildman–Crippen MR) is 94.7 cm³/mol. The quantitative estimate of drug-likeness (QED) is 0.878. The normalized spacial score (nSPS) is 14.6. The summed E-state index contributed by atoms with van der Waals surface area (Å²) >= 11 is 12.2. The first-order valence-electron chi connectivity index (χ1n) is 7.61. The average Bonchev–Trinajstić information content (AvgIpc) is 2.55. The molecule has 1 amide bonds. The number of hydrogen-bond donors (Lipinski definition) is 1. The third-order valence-electron chi connectivity index (χ3n) is 3.82. The molecule has 0 bridgehead atoms. The Labute approximate surface area is 145 Å². The zero-order valence-electron chi connectivity index (χ0n) is 12.6. The zero-order valence-corrected chi connectivity index (χ0v) is 14.1. The maximum atomic E-state index is 12.3. The number of aromatic nitrogens is 1. The molecule has 2 aromatic rings. The van der Waals surface area contributed by atoms with Crippen molar-refractivity contribution in [3.63, 3.8) is 0 Å². The molecule has 120 valence electrons. The highest BCUT2D eigenvalue weighted by atomic mass is 35.5. The van der Waals surface area contributed by atoms with Crippen LogP contribution in [0.25, 0.3) is 0 Å². The third kappa shape index (κ3) is 3.95. The number of nitrogens with one attached hydrogen (secondary N) is 1. The van der Waals surface area contributed by atoms with Gasteiger partial charge in [0, 0.05) is 30.0 Å². The molecule has 1 aliphatic heterocycles. The summed E-state index contributed by atoms with van der Waals surface area (Å²) in [4.78, 5) is 18.9. The number of carbonyl (C=O) groups is 1. The number of hydrogen-bond acceptors (Lipinski definition) is 3. The van der Waals surface area contributed by atoms with Gasteiger partial charge in [0.25, 0.3) is 5.91 Å². The van der Waals surface area contributed by atoms with Crippen molar-refractivity contribution in [3.05, 3.63) is 52.1 Å². The van der Waals surface area contributed by atoms with Gasteiger partial charge in [-0.1, -0.05) is 29.3 Å². The molecule has 6 heteroatoms. The lowest BCUT2D eigenvalue weighted by Gasteiger charge is -2.28. The van der Waals surface area contributed by atoms with E-state index in [9.17, 15) is 4.79 Å². The molecule has 0 unspecified atom stereocenters. The monoisotopic (exact) mass is 349 g/mol. The molecule has 4 nitrogen and oxygen atoms in total. The summed E-state index contributed by atoms with van der Waals surface area (Å²) in [5, 5.41) is 3.86. The Hall–Kier alpha value is -1.78. The average molecular weight is 350 g/mol. The van der Waals surface area contributed by atoms with E-state index in [1.807, 2.05) is 0 Å². The van der Waals surface area contributed by atoms with Gasteiger partial charge in [-0.3, -0.25) is 4.79 Å². The molecular formula is C17H17Cl2N3O. The molecule has 0 saturated carbocycles. The fraction of sp³-hybridized carbons (Fsp3) is 0.294. The predicted octanol–water partition coefficient (Wildman–Crippen LogP) is 4.63. The largest absolute Gasteiger partial charge is 0.355 e. The molecule has 1 aromatic carbocycles. The van der Waals surface area contributed by atoms with Crippen molar-refractivity contribution < 1.29 is 4.79 Å². The second-order valence-corrected chi connectivity index (χ2v) is 6.39. The molecule has 1 saturated heterocycles. The molecule has 0 spiro atoms. The number of amides is 1. The number of benzene rings is 1. The lowest BCUT2D eigenvalue weighted by molar-refractivity contribution is 0.102. The second kappa shape index (κ2) is 7.20. The molecule has 3 rings (SSSR count).